The molecule has 152 valence electrons. The summed E-state index contributed by atoms with van der Waals surface area (Å²) >= 11 is 1.54. The number of amides is 1. The third-order valence-electron chi connectivity index (χ3n) is 5.47. The average Bonchev–Trinajstić information content (AvgIpc) is 3.43. The molecule has 1 N–H and O–H groups in total. The van der Waals surface area contributed by atoms with Gasteiger partial charge in [0.2, 0.25) is 5.91 Å². The van der Waals surface area contributed by atoms with Crippen molar-refractivity contribution in [3.8, 4) is 0 Å². The predicted octanol–water partition coefficient (Wildman–Crippen LogP) is 2.94. The zero-order valence-electron chi connectivity index (χ0n) is 16.5. The van der Waals surface area contributed by atoms with Crippen molar-refractivity contribution in [3.63, 3.8) is 0 Å². The second-order valence-electron chi connectivity index (χ2n) is 7.42. The van der Waals surface area contributed by atoms with Gasteiger partial charge in [-0.15, -0.1) is 0 Å². The summed E-state index contributed by atoms with van der Waals surface area (Å²) in [4.78, 5) is 15.8. The first-order valence-electron chi connectivity index (χ1n) is 9.74. The molecule has 2 aromatic heterocycles. The van der Waals surface area contributed by atoms with E-state index in [1.807, 2.05) is 58.5 Å². The molecule has 1 aliphatic rings. The van der Waals surface area contributed by atoms with E-state index in [0.717, 1.165) is 32.6 Å². The minimum absolute atomic E-state index is 0.0671. The average molecular weight is 420 g/mol. The fourth-order valence-electron chi connectivity index (χ4n) is 3.85. The molecule has 4 aromatic rings. The molecule has 0 aliphatic carbocycles. The van der Waals surface area contributed by atoms with E-state index in [1.54, 1.807) is 4.90 Å². The number of nitrogens with zero attached hydrogens (tertiary/aromatic N) is 5. The fraction of sp³-hybridized carbons (Fsp3) is 0.227. The Kier molecular flexibility index (Phi) is 4.80. The van der Waals surface area contributed by atoms with Crippen LogP contribution in [-0.2, 0) is 24.9 Å². The van der Waals surface area contributed by atoms with Crippen molar-refractivity contribution in [3.05, 3.63) is 77.7 Å². The third kappa shape index (κ3) is 3.38. The lowest BCUT2D eigenvalue weighted by Gasteiger charge is -2.22. The summed E-state index contributed by atoms with van der Waals surface area (Å²) < 4.78 is 3.71. The number of carbonyl (C=O) groups is 1. The zero-order valence-corrected chi connectivity index (χ0v) is 17.3. The number of fused-ring (bicyclic) bond motifs is 2. The SMILES string of the molecule is Cn1ncc2ccc(Sn3cc4c(n3)CN(C(=O)C(CO)c3ccccc3)C4)cc21. The van der Waals surface area contributed by atoms with E-state index in [4.69, 9.17) is 0 Å². The quantitative estimate of drug-likeness (QED) is 0.538. The maximum atomic E-state index is 13.0. The molecule has 3 heterocycles. The number of aryl methyl sites for hydroxylation is 1. The van der Waals surface area contributed by atoms with E-state index in [9.17, 15) is 9.90 Å². The van der Waals surface area contributed by atoms with E-state index < -0.39 is 5.92 Å². The summed E-state index contributed by atoms with van der Waals surface area (Å²) in [6.07, 6.45) is 3.84. The van der Waals surface area contributed by atoms with Gasteiger partial charge in [-0.25, -0.2) is 4.09 Å². The van der Waals surface area contributed by atoms with Crippen LogP contribution in [0, 0.1) is 0 Å². The number of aliphatic hydroxyl groups is 1. The molecule has 1 unspecified atom stereocenters. The Morgan fingerprint density at radius 3 is 2.80 bits per heavy atom. The minimum Gasteiger partial charge on any atom is -0.395 e. The maximum absolute atomic E-state index is 13.0. The first-order valence-corrected chi connectivity index (χ1v) is 10.5. The topological polar surface area (TPSA) is 76.2 Å². The van der Waals surface area contributed by atoms with E-state index in [1.165, 1.54) is 11.9 Å². The van der Waals surface area contributed by atoms with Crippen LogP contribution in [-0.4, -0.2) is 41.5 Å². The largest absolute Gasteiger partial charge is 0.395 e. The van der Waals surface area contributed by atoms with Crippen molar-refractivity contribution >= 4 is 28.8 Å². The molecule has 2 aromatic carbocycles. The van der Waals surface area contributed by atoms with Crippen LogP contribution in [0.3, 0.4) is 0 Å². The molecule has 1 aliphatic heterocycles. The van der Waals surface area contributed by atoms with E-state index in [2.05, 4.69) is 28.4 Å². The van der Waals surface area contributed by atoms with Gasteiger partial charge in [-0.2, -0.15) is 10.2 Å². The van der Waals surface area contributed by atoms with Crippen LogP contribution < -0.4 is 0 Å². The molecule has 8 heteroatoms. The first-order chi connectivity index (χ1) is 14.6. The molecule has 1 atom stereocenters. The van der Waals surface area contributed by atoms with Crippen molar-refractivity contribution in [2.45, 2.75) is 23.9 Å². The number of benzene rings is 2. The van der Waals surface area contributed by atoms with E-state index in [0.29, 0.717) is 13.1 Å². The number of rotatable bonds is 5. The lowest BCUT2D eigenvalue weighted by atomic mass is 9.98. The van der Waals surface area contributed by atoms with Gasteiger partial charge in [0, 0.05) is 47.6 Å². The normalized spacial score (nSPS) is 14.3. The Balaban J connectivity index is 1.30. The molecule has 0 saturated heterocycles. The zero-order chi connectivity index (χ0) is 20.7. The van der Waals surface area contributed by atoms with Crippen molar-refractivity contribution < 1.29 is 9.90 Å². The first kappa shape index (κ1) is 18.9. The number of hydrogen-bond donors (Lipinski definition) is 1. The molecular formula is C22H21N5O2S. The second kappa shape index (κ2) is 7.62. The summed E-state index contributed by atoms with van der Waals surface area (Å²) in [7, 11) is 1.93. The highest BCUT2D eigenvalue weighted by molar-refractivity contribution is 7.97. The molecular weight excluding hydrogens is 398 g/mol. The van der Waals surface area contributed by atoms with Crippen LogP contribution >= 0.6 is 11.9 Å². The lowest BCUT2D eigenvalue weighted by Crippen LogP contribution is -2.32. The van der Waals surface area contributed by atoms with Gasteiger partial charge in [0.1, 0.15) is 0 Å². The summed E-state index contributed by atoms with van der Waals surface area (Å²) in [5, 5.41) is 19.8. The monoisotopic (exact) mass is 419 g/mol. The summed E-state index contributed by atoms with van der Waals surface area (Å²) in [6.45, 7) is 0.772. The highest BCUT2D eigenvalue weighted by Crippen LogP contribution is 2.30. The van der Waals surface area contributed by atoms with Gasteiger partial charge in [-0.1, -0.05) is 36.4 Å². The van der Waals surface area contributed by atoms with Gasteiger partial charge in [-0.3, -0.25) is 9.48 Å². The molecule has 30 heavy (non-hydrogen) atoms. The molecule has 1 amide bonds. The van der Waals surface area contributed by atoms with E-state index in [-0.39, 0.29) is 12.5 Å². The standard InChI is InChI=1S/C22H21N5O2S/c1-25-21-9-18(8-7-16(21)10-23-25)30-27-12-17-11-26(13-20(17)24-27)22(29)19(14-28)15-5-3-2-4-6-15/h2-10,12,19,28H,11,13-14H2,1H3. The fourth-order valence-corrected chi connectivity index (χ4v) is 4.68. The van der Waals surface area contributed by atoms with Crippen LogP contribution in [0.5, 0.6) is 0 Å². The van der Waals surface area contributed by atoms with Gasteiger partial charge in [0.05, 0.1) is 36.5 Å². The van der Waals surface area contributed by atoms with Crippen LogP contribution in [0.1, 0.15) is 22.7 Å². The van der Waals surface area contributed by atoms with E-state index >= 15 is 0 Å². The number of aromatic nitrogens is 4. The summed E-state index contributed by atoms with van der Waals surface area (Å²) in [6, 6.07) is 15.6. The van der Waals surface area contributed by atoms with Gasteiger partial charge in [0.15, 0.2) is 0 Å². The Morgan fingerprint density at radius 2 is 2.03 bits per heavy atom. The maximum Gasteiger partial charge on any atom is 0.233 e. The molecule has 0 spiro atoms. The molecule has 7 nitrogen and oxygen atoms in total. The molecule has 5 rings (SSSR count). The van der Waals surface area contributed by atoms with Crippen molar-refractivity contribution in [2.75, 3.05) is 6.61 Å². The lowest BCUT2D eigenvalue weighted by molar-refractivity contribution is -0.134. The Hall–Kier alpha value is -3.10. The Morgan fingerprint density at radius 1 is 1.20 bits per heavy atom. The smallest absolute Gasteiger partial charge is 0.233 e. The summed E-state index contributed by atoms with van der Waals surface area (Å²) in [5.41, 5.74) is 3.86. The van der Waals surface area contributed by atoms with Crippen molar-refractivity contribution in [1.29, 1.82) is 0 Å². The van der Waals surface area contributed by atoms with Gasteiger partial charge in [-0.05, 0) is 17.7 Å². The third-order valence-corrected chi connectivity index (χ3v) is 6.31. The highest BCUT2D eigenvalue weighted by Gasteiger charge is 2.31. The number of carbonyl (C=O) groups excluding carboxylic acids is 1. The summed E-state index contributed by atoms with van der Waals surface area (Å²) in [5.74, 6) is -0.607. The van der Waals surface area contributed by atoms with Crippen molar-refractivity contribution in [2.24, 2.45) is 7.05 Å². The molecule has 0 radical (unpaired) electrons. The number of hydrogen-bond acceptors (Lipinski definition) is 5. The van der Waals surface area contributed by atoms with Gasteiger partial charge >= 0.3 is 0 Å². The number of aliphatic hydroxyl groups excluding tert-OH is 1. The Bertz CT molecular complexity index is 1190. The van der Waals surface area contributed by atoms with Crippen LogP contribution in [0.4, 0.5) is 0 Å². The second-order valence-corrected chi connectivity index (χ2v) is 8.45. The van der Waals surface area contributed by atoms with Crippen LogP contribution in [0.2, 0.25) is 0 Å². The van der Waals surface area contributed by atoms with Gasteiger partial charge in [0.25, 0.3) is 0 Å². The molecule has 0 saturated carbocycles. The Labute approximate surface area is 178 Å². The minimum atomic E-state index is -0.540. The highest BCUT2D eigenvalue weighted by atomic mass is 32.2. The van der Waals surface area contributed by atoms with Crippen LogP contribution in [0.15, 0.2) is 65.8 Å². The van der Waals surface area contributed by atoms with Crippen LogP contribution in [0.25, 0.3) is 10.9 Å². The van der Waals surface area contributed by atoms with Crippen molar-refractivity contribution in [1.82, 2.24) is 23.9 Å². The predicted molar refractivity (Wildman–Crippen MR) is 115 cm³/mol. The van der Waals surface area contributed by atoms with Gasteiger partial charge < -0.3 is 10.0 Å². The molecule has 0 bridgehead atoms. The molecule has 0 fully saturated rings.